The van der Waals surface area contributed by atoms with Crippen molar-refractivity contribution in [3.05, 3.63) is 41.6 Å². The Kier molecular flexibility index (Phi) is 2.85. The van der Waals surface area contributed by atoms with E-state index in [1.165, 1.54) is 17.7 Å². The Morgan fingerprint density at radius 2 is 2.00 bits per heavy atom. The van der Waals surface area contributed by atoms with Crippen LogP contribution in [0.25, 0.3) is 0 Å². The third-order valence-corrected chi connectivity index (χ3v) is 6.81. The molecule has 116 valence electrons. The number of allylic oxidation sites excluding steroid dienone is 1. The molecule has 2 aliphatic carbocycles. The van der Waals surface area contributed by atoms with Gasteiger partial charge < -0.3 is 4.90 Å². The maximum Gasteiger partial charge on any atom is 0.167 e. The van der Waals surface area contributed by atoms with Crippen LogP contribution in [0.3, 0.4) is 0 Å². The standard InChI is InChI=1S/C20H25NO/c1-19(2)16-10-11-20(19,3)18(22)15(16)13-21-12-6-8-14-7-4-5-9-17(14)21/h4-5,7,9,13,16H,6,8,10-12H2,1-3H3/b15-13+. The second kappa shape index (κ2) is 4.47. The highest BCUT2D eigenvalue weighted by atomic mass is 16.1. The Labute approximate surface area is 133 Å². The van der Waals surface area contributed by atoms with Gasteiger partial charge in [-0.3, -0.25) is 4.79 Å². The summed E-state index contributed by atoms with van der Waals surface area (Å²) < 4.78 is 0. The fourth-order valence-electron chi connectivity index (χ4n) is 4.94. The fourth-order valence-corrected chi connectivity index (χ4v) is 4.94. The Hall–Kier alpha value is -1.57. The quantitative estimate of drug-likeness (QED) is 0.718. The number of benzene rings is 1. The average molecular weight is 295 g/mol. The highest BCUT2D eigenvalue weighted by Crippen LogP contribution is 2.65. The number of carbonyl (C=O) groups excluding carboxylic acids is 1. The predicted octanol–water partition coefficient (Wildman–Crippen LogP) is 4.35. The van der Waals surface area contributed by atoms with Crippen LogP contribution >= 0.6 is 0 Å². The van der Waals surface area contributed by atoms with Gasteiger partial charge in [0.25, 0.3) is 0 Å². The summed E-state index contributed by atoms with van der Waals surface area (Å²) in [4.78, 5) is 15.3. The van der Waals surface area contributed by atoms with Crippen molar-refractivity contribution in [2.24, 2.45) is 16.7 Å². The number of hydrogen-bond acceptors (Lipinski definition) is 2. The monoisotopic (exact) mass is 295 g/mol. The van der Waals surface area contributed by atoms with Crippen molar-refractivity contribution in [1.82, 2.24) is 0 Å². The summed E-state index contributed by atoms with van der Waals surface area (Å²) in [5.41, 5.74) is 3.73. The van der Waals surface area contributed by atoms with E-state index < -0.39 is 0 Å². The molecule has 2 saturated carbocycles. The number of rotatable bonds is 1. The molecule has 0 saturated heterocycles. The molecule has 1 aliphatic heterocycles. The van der Waals surface area contributed by atoms with Crippen LogP contribution in [0.5, 0.6) is 0 Å². The number of fused-ring (bicyclic) bond motifs is 3. The molecule has 1 aromatic rings. The summed E-state index contributed by atoms with van der Waals surface area (Å²) >= 11 is 0. The van der Waals surface area contributed by atoms with Crippen molar-refractivity contribution < 1.29 is 4.79 Å². The number of hydrogen-bond donors (Lipinski definition) is 0. The SMILES string of the molecule is CC12CCC(/C(=C\N3CCCc4ccccc43)C1=O)C2(C)C. The molecule has 2 heteroatoms. The molecule has 4 rings (SSSR count). The molecule has 2 nitrogen and oxygen atoms in total. The van der Waals surface area contributed by atoms with Crippen molar-refractivity contribution in [3.8, 4) is 0 Å². The number of ketones is 1. The minimum atomic E-state index is -0.154. The summed E-state index contributed by atoms with van der Waals surface area (Å²) in [6.45, 7) is 7.78. The fraction of sp³-hybridized carbons (Fsp3) is 0.550. The van der Waals surface area contributed by atoms with E-state index >= 15 is 0 Å². The van der Waals surface area contributed by atoms with Gasteiger partial charge in [0.2, 0.25) is 0 Å². The zero-order chi connectivity index (χ0) is 15.5. The summed E-state index contributed by atoms with van der Waals surface area (Å²) in [6, 6.07) is 8.62. The van der Waals surface area contributed by atoms with Gasteiger partial charge in [0.05, 0.1) is 0 Å². The number of para-hydroxylation sites is 1. The minimum absolute atomic E-state index is 0.102. The third-order valence-electron chi connectivity index (χ3n) is 6.81. The molecular formula is C20H25NO. The van der Waals surface area contributed by atoms with Crippen LogP contribution < -0.4 is 4.90 Å². The van der Waals surface area contributed by atoms with Crippen LogP contribution in [0, 0.1) is 16.7 Å². The van der Waals surface area contributed by atoms with Gasteiger partial charge in [-0.05, 0) is 48.6 Å². The van der Waals surface area contributed by atoms with Crippen LogP contribution in [0.2, 0.25) is 0 Å². The summed E-state index contributed by atoms with van der Waals surface area (Å²) in [6.07, 6.45) is 6.72. The first-order chi connectivity index (χ1) is 10.4. The van der Waals surface area contributed by atoms with Gasteiger partial charge in [0.15, 0.2) is 5.78 Å². The van der Waals surface area contributed by atoms with E-state index in [4.69, 9.17) is 0 Å². The lowest BCUT2D eigenvalue weighted by molar-refractivity contribution is -0.125. The normalized spacial score (nSPS) is 34.3. The number of Topliss-reactive ketones (excluding diaryl/α,β-unsaturated/α-hetero) is 1. The maximum absolute atomic E-state index is 13.0. The van der Waals surface area contributed by atoms with Crippen molar-refractivity contribution in [2.45, 2.75) is 46.5 Å². The first-order valence-electron chi connectivity index (χ1n) is 8.56. The van der Waals surface area contributed by atoms with Gasteiger partial charge in [-0.15, -0.1) is 0 Å². The topological polar surface area (TPSA) is 20.3 Å². The van der Waals surface area contributed by atoms with Crippen LogP contribution in [-0.4, -0.2) is 12.3 Å². The lowest BCUT2D eigenvalue weighted by Gasteiger charge is -2.31. The molecule has 0 amide bonds. The second-order valence-corrected chi connectivity index (χ2v) is 7.98. The predicted molar refractivity (Wildman–Crippen MR) is 89.8 cm³/mol. The summed E-state index contributed by atoms with van der Waals surface area (Å²) in [5, 5.41) is 0. The van der Waals surface area contributed by atoms with Crippen LogP contribution in [0.1, 0.15) is 45.6 Å². The molecule has 3 aliphatic rings. The molecule has 1 heterocycles. The van der Waals surface area contributed by atoms with Crippen molar-refractivity contribution in [3.63, 3.8) is 0 Å². The van der Waals surface area contributed by atoms with Gasteiger partial charge in [0, 0.05) is 29.4 Å². The lowest BCUT2D eigenvalue weighted by atomic mass is 9.70. The van der Waals surface area contributed by atoms with Gasteiger partial charge in [0.1, 0.15) is 0 Å². The molecular weight excluding hydrogens is 270 g/mol. The molecule has 2 fully saturated rings. The molecule has 22 heavy (non-hydrogen) atoms. The molecule has 1 aromatic carbocycles. The molecule has 0 aromatic heterocycles. The molecule has 0 radical (unpaired) electrons. The first-order valence-corrected chi connectivity index (χ1v) is 8.56. The highest BCUT2D eigenvalue weighted by molar-refractivity contribution is 6.05. The molecule has 2 unspecified atom stereocenters. The largest absolute Gasteiger partial charge is 0.347 e. The maximum atomic E-state index is 13.0. The summed E-state index contributed by atoms with van der Waals surface area (Å²) in [7, 11) is 0. The van der Waals surface area contributed by atoms with E-state index in [1.54, 1.807) is 0 Å². The minimum Gasteiger partial charge on any atom is -0.347 e. The number of anilines is 1. The van der Waals surface area contributed by atoms with Gasteiger partial charge in [-0.25, -0.2) is 0 Å². The molecule has 2 atom stereocenters. The van der Waals surface area contributed by atoms with Crippen molar-refractivity contribution in [1.29, 1.82) is 0 Å². The van der Waals surface area contributed by atoms with E-state index in [0.29, 0.717) is 11.7 Å². The summed E-state index contributed by atoms with van der Waals surface area (Å²) in [5.74, 6) is 0.830. The first kappa shape index (κ1) is 14.0. The van der Waals surface area contributed by atoms with Gasteiger partial charge in [-0.1, -0.05) is 39.0 Å². The van der Waals surface area contributed by atoms with Gasteiger partial charge in [-0.2, -0.15) is 0 Å². The van der Waals surface area contributed by atoms with E-state index in [0.717, 1.165) is 31.4 Å². The zero-order valence-electron chi connectivity index (χ0n) is 13.9. The molecule has 2 bridgehead atoms. The number of carbonyl (C=O) groups is 1. The Bertz CT molecular complexity index is 672. The average Bonchev–Trinajstić information content (AvgIpc) is 2.82. The zero-order valence-corrected chi connectivity index (χ0v) is 13.9. The Morgan fingerprint density at radius 3 is 2.73 bits per heavy atom. The lowest BCUT2D eigenvalue weighted by Crippen LogP contribution is -2.32. The number of aryl methyl sites for hydroxylation is 1. The van der Waals surface area contributed by atoms with Crippen LogP contribution in [0.15, 0.2) is 36.0 Å². The Morgan fingerprint density at radius 1 is 1.23 bits per heavy atom. The number of nitrogens with zero attached hydrogens (tertiary/aromatic N) is 1. The third kappa shape index (κ3) is 1.64. The van der Waals surface area contributed by atoms with E-state index in [9.17, 15) is 4.79 Å². The van der Waals surface area contributed by atoms with Crippen molar-refractivity contribution in [2.75, 3.05) is 11.4 Å². The Balaban J connectivity index is 1.75. The van der Waals surface area contributed by atoms with E-state index in [-0.39, 0.29) is 10.8 Å². The van der Waals surface area contributed by atoms with Gasteiger partial charge >= 0.3 is 0 Å². The second-order valence-electron chi connectivity index (χ2n) is 7.98. The van der Waals surface area contributed by atoms with Crippen LogP contribution in [0.4, 0.5) is 5.69 Å². The van der Waals surface area contributed by atoms with Crippen LogP contribution in [-0.2, 0) is 11.2 Å². The molecule has 0 N–H and O–H groups in total. The molecule has 0 spiro atoms. The highest BCUT2D eigenvalue weighted by Gasteiger charge is 2.64. The smallest absolute Gasteiger partial charge is 0.167 e. The van der Waals surface area contributed by atoms with Crippen molar-refractivity contribution >= 4 is 11.5 Å². The van der Waals surface area contributed by atoms with E-state index in [2.05, 4.69) is 56.1 Å². The van der Waals surface area contributed by atoms with E-state index in [1.807, 2.05) is 0 Å².